The Labute approximate surface area is 87.4 Å². The molecule has 0 bridgehead atoms. The second-order valence-corrected chi connectivity index (χ2v) is 3.54. The molecule has 0 saturated carbocycles. The summed E-state index contributed by atoms with van der Waals surface area (Å²) in [6, 6.07) is 5.73. The third-order valence-corrected chi connectivity index (χ3v) is 1.97. The van der Waals surface area contributed by atoms with Gasteiger partial charge in [0.05, 0.1) is 4.92 Å². The summed E-state index contributed by atoms with van der Waals surface area (Å²) in [5.74, 6) is -0.585. The molecular weight excluding hydrogens is 197 g/mol. The van der Waals surface area contributed by atoms with Crippen LogP contribution in [0.5, 0.6) is 0 Å². The molecule has 0 aromatic heterocycles. The van der Waals surface area contributed by atoms with Gasteiger partial charge in [-0.25, -0.2) is 4.39 Å². The lowest BCUT2D eigenvalue weighted by atomic mass is 10.1. The summed E-state index contributed by atoms with van der Waals surface area (Å²) in [7, 11) is 0. The van der Waals surface area contributed by atoms with Crippen molar-refractivity contribution >= 4 is 6.08 Å². The standard InChI is InChI=1S/C11H12FNO2/c1-8(2)11(13(14)15)7-9-4-3-5-10(12)6-9/h3-8H,1-2H3/b11-7-. The zero-order chi connectivity index (χ0) is 11.4. The highest BCUT2D eigenvalue weighted by Gasteiger charge is 2.15. The lowest BCUT2D eigenvalue weighted by Gasteiger charge is -2.01. The van der Waals surface area contributed by atoms with Crippen LogP contribution in [-0.2, 0) is 0 Å². The minimum atomic E-state index is -0.435. The van der Waals surface area contributed by atoms with Crippen LogP contribution < -0.4 is 0 Å². The lowest BCUT2D eigenvalue weighted by molar-refractivity contribution is -0.431. The molecule has 0 aliphatic heterocycles. The van der Waals surface area contributed by atoms with E-state index in [1.165, 1.54) is 24.3 Å². The molecule has 1 aromatic rings. The van der Waals surface area contributed by atoms with Gasteiger partial charge in [0.15, 0.2) is 0 Å². The average Bonchev–Trinajstić information content (AvgIpc) is 2.13. The van der Waals surface area contributed by atoms with Crippen molar-refractivity contribution in [2.24, 2.45) is 5.92 Å². The second-order valence-electron chi connectivity index (χ2n) is 3.54. The van der Waals surface area contributed by atoms with Crippen molar-refractivity contribution in [2.75, 3.05) is 0 Å². The zero-order valence-electron chi connectivity index (χ0n) is 8.61. The molecule has 15 heavy (non-hydrogen) atoms. The van der Waals surface area contributed by atoms with E-state index in [9.17, 15) is 14.5 Å². The Hall–Kier alpha value is -1.71. The molecule has 3 nitrogen and oxygen atoms in total. The van der Waals surface area contributed by atoms with Gasteiger partial charge >= 0.3 is 0 Å². The summed E-state index contributed by atoms with van der Waals surface area (Å²) >= 11 is 0. The first-order valence-corrected chi connectivity index (χ1v) is 4.62. The predicted molar refractivity (Wildman–Crippen MR) is 56.2 cm³/mol. The number of rotatable bonds is 3. The Morgan fingerprint density at radius 1 is 1.53 bits per heavy atom. The molecule has 0 unspecified atom stereocenters. The van der Waals surface area contributed by atoms with Gasteiger partial charge in [-0.3, -0.25) is 10.1 Å². The third-order valence-electron chi connectivity index (χ3n) is 1.97. The molecule has 4 heteroatoms. The summed E-state index contributed by atoms with van der Waals surface area (Å²) < 4.78 is 12.8. The maximum Gasteiger partial charge on any atom is 0.249 e. The van der Waals surface area contributed by atoms with Crippen molar-refractivity contribution in [1.29, 1.82) is 0 Å². The van der Waals surface area contributed by atoms with E-state index in [0.29, 0.717) is 5.56 Å². The highest BCUT2D eigenvalue weighted by Crippen LogP contribution is 2.15. The van der Waals surface area contributed by atoms with Crippen LogP contribution in [0.25, 0.3) is 6.08 Å². The van der Waals surface area contributed by atoms with E-state index in [2.05, 4.69) is 0 Å². The first-order valence-electron chi connectivity index (χ1n) is 4.62. The van der Waals surface area contributed by atoms with Gasteiger partial charge in [0.1, 0.15) is 5.82 Å². The highest BCUT2D eigenvalue weighted by molar-refractivity contribution is 5.51. The number of benzene rings is 1. The van der Waals surface area contributed by atoms with Gasteiger partial charge in [0.25, 0.3) is 0 Å². The van der Waals surface area contributed by atoms with Crippen LogP contribution in [0.3, 0.4) is 0 Å². The molecule has 0 fully saturated rings. The molecule has 0 atom stereocenters. The maximum atomic E-state index is 12.8. The fourth-order valence-corrected chi connectivity index (χ4v) is 1.20. The number of hydrogen-bond acceptors (Lipinski definition) is 2. The molecule has 0 amide bonds. The van der Waals surface area contributed by atoms with E-state index < -0.39 is 10.7 Å². The van der Waals surface area contributed by atoms with Crippen molar-refractivity contribution in [3.8, 4) is 0 Å². The SMILES string of the molecule is CC(C)/C(=C/c1cccc(F)c1)[N+](=O)[O-]. The van der Waals surface area contributed by atoms with E-state index >= 15 is 0 Å². The second kappa shape index (κ2) is 4.68. The zero-order valence-corrected chi connectivity index (χ0v) is 8.61. The normalized spacial score (nSPS) is 11.9. The van der Waals surface area contributed by atoms with E-state index in [1.54, 1.807) is 19.9 Å². The number of nitro groups is 1. The van der Waals surface area contributed by atoms with Gasteiger partial charge in [0, 0.05) is 12.0 Å². The van der Waals surface area contributed by atoms with Crippen LogP contribution in [0.4, 0.5) is 4.39 Å². The molecular formula is C11H12FNO2. The van der Waals surface area contributed by atoms with Gasteiger partial charge in [-0.15, -0.1) is 0 Å². The Kier molecular flexibility index (Phi) is 3.55. The number of hydrogen-bond donors (Lipinski definition) is 0. The van der Waals surface area contributed by atoms with E-state index in [-0.39, 0.29) is 11.6 Å². The summed E-state index contributed by atoms with van der Waals surface area (Å²) in [5.41, 5.74) is 0.594. The smallest absolute Gasteiger partial charge is 0.249 e. The fraction of sp³-hybridized carbons (Fsp3) is 0.273. The lowest BCUT2D eigenvalue weighted by Crippen LogP contribution is -2.05. The minimum absolute atomic E-state index is 0.0839. The summed E-state index contributed by atoms with van der Waals surface area (Å²) in [6.07, 6.45) is 1.40. The molecule has 0 spiro atoms. The quantitative estimate of drug-likeness (QED) is 0.567. The summed E-state index contributed by atoms with van der Waals surface area (Å²) in [6.45, 7) is 3.46. The Morgan fingerprint density at radius 2 is 2.20 bits per heavy atom. The Morgan fingerprint density at radius 3 is 2.67 bits per heavy atom. The Balaban J connectivity index is 3.08. The van der Waals surface area contributed by atoms with Crippen molar-refractivity contribution in [3.05, 3.63) is 51.5 Å². The number of nitrogens with zero attached hydrogens (tertiary/aromatic N) is 1. The fourth-order valence-electron chi connectivity index (χ4n) is 1.20. The van der Waals surface area contributed by atoms with Crippen molar-refractivity contribution < 1.29 is 9.31 Å². The predicted octanol–water partition coefficient (Wildman–Crippen LogP) is 3.10. The van der Waals surface area contributed by atoms with E-state index in [0.717, 1.165) is 0 Å². The van der Waals surface area contributed by atoms with Crippen LogP contribution in [0.1, 0.15) is 19.4 Å². The van der Waals surface area contributed by atoms with Crippen LogP contribution in [0.2, 0.25) is 0 Å². The van der Waals surface area contributed by atoms with Gasteiger partial charge in [-0.1, -0.05) is 26.0 Å². The van der Waals surface area contributed by atoms with Crippen molar-refractivity contribution in [2.45, 2.75) is 13.8 Å². The molecule has 0 saturated heterocycles. The largest absolute Gasteiger partial charge is 0.259 e. The molecule has 0 N–H and O–H groups in total. The topological polar surface area (TPSA) is 43.1 Å². The maximum absolute atomic E-state index is 12.8. The molecule has 1 aromatic carbocycles. The molecule has 0 radical (unpaired) electrons. The van der Waals surface area contributed by atoms with Crippen LogP contribution >= 0.6 is 0 Å². The van der Waals surface area contributed by atoms with Gasteiger partial charge < -0.3 is 0 Å². The van der Waals surface area contributed by atoms with E-state index in [1.807, 2.05) is 0 Å². The van der Waals surface area contributed by atoms with Crippen LogP contribution in [0, 0.1) is 21.8 Å². The molecule has 0 heterocycles. The first-order chi connectivity index (χ1) is 7.00. The van der Waals surface area contributed by atoms with Gasteiger partial charge in [-0.05, 0) is 17.7 Å². The first kappa shape index (κ1) is 11.4. The van der Waals surface area contributed by atoms with E-state index in [4.69, 9.17) is 0 Å². The monoisotopic (exact) mass is 209 g/mol. The Bertz CT molecular complexity index is 399. The number of allylic oxidation sites excluding steroid dienone is 1. The molecule has 80 valence electrons. The number of halogens is 1. The molecule has 0 aliphatic carbocycles. The summed E-state index contributed by atoms with van der Waals surface area (Å²) in [5, 5.41) is 10.7. The highest BCUT2D eigenvalue weighted by atomic mass is 19.1. The van der Waals surface area contributed by atoms with Crippen molar-refractivity contribution in [1.82, 2.24) is 0 Å². The third kappa shape index (κ3) is 3.16. The van der Waals surface area contributed by atoms with Gasteiger partial charge in [0.2, 0.25) is 5.70 Å². The molecule has 0 aliphatic rings. The van der Waals surface area contributed by atoms with Crippen LogP contribution in [-0.4, -0.2) is 4.92 Å². The minimum Gasteiger partial charge on any atom is -0.259 e. The van der Waals surface area contributed by atoms with Gasteiger partial charge in [-0.2, -0.15) is 0 Å². The average molecular weight is 209 g/mol. The molecule has 1 rings (SSSR count). The summed E-state index contributed by atoms with van der Waals surface area (Å²) in [4.78, 5) is 10.2. The van der Waals surface area contributed by atoms with Crippen molar-refractivity contribution in [3.63, 3.8) is 0 Å². The van der Waals surface area contributed by atoms with Crippen LogP contribution in [0.15, 0.2) is 30.0 Å².